The fourth-order valence-electron chi connectivity index (χ4n) is 2.46. The van der Waals surface area contributed by atoms with Gasteiger partial charge in [0.15, 0.2) is 0 Å². The van der Waals surface area contributed by atoms with Crippen molar-refractivity contribution in [2.75, 3.05) is 39.4 Å². The molecule has 0 aromatic heterocycles. The highest BCUT2D eigenvalue weighted by atomic mass is 16.3. The molecule has 1 amide bonds. The van der Waals surface area contributed by atoms with Crippen LogP contribution in [0.1, 0.15) is 32.6 Å². The minimum Gasteiger partial charge on any atom is -0.396 e. The lowest BCUT2D eigenvalue weighted by molar-refractivity contribution is -0.135. The maximum absolute atomic E-state index is 12.2. The number of nitrogens with zero attached hydrogens (tertiary/aromatic N) is 2. The minimum atomic E-state index is 0.0499. The van der Waals surface area contributed by atoms with Crippen LogP contribution in [0.5, 0.6) is 0 Å². The maximum atomic E-state index is 12.2. The van der Waals surface area contributed by atoms with Crippen molar-refractivity contribution in [3.8, 4) is 0 Å². The molecule has 1 atom stereocenters. The molecule has 2 N–H and O–H groups in total. The van der Waals surface area contributed by atoms with Gasteiger partial charge < -0.3 is 15.1 Å². The number of carbonyl (C=O) groups is 1. The summed E-state index contributed by atoms with van der Waals surface area (Å²) >= 11 is 0. The average molecular weight is 258 g/mol. The Morgan fingerprint density at radius 1 is 1.28 bits per heavy atom. The molecular weight excluding hydrogens is 232 g/mol. The Labute approximate surface area is 109 Å². The minimum absolute atomic E-state index is 0.0499. The predicted octanol–water partition coefficient (Wildman–Crippen LogP) is 0.0641. The Hall–Kier alpha value is -0.650. The third-order valence-electron chi connectivity index (χ3n) is 3.53. The highest BCUT2D eigenvalue weighted by Gasteiger charge is 2.24. The number of aliphatic hydroxyl groups is 2. The summed E-state index contributed by atoms with van der Waals surface area (Å²) in [6.07, 6.45) is 4.02. The summed E-state index contributed by atoms with van der Waals surface area (Å²) < 4.78 is 0. The molecule has 1 aliphatic rings. The molecular formula is C13H26N2O3. The van der Waals surface area contributed by atoms with E-state index >= 15 is 0 Å². The molecule has 1 unspecified atom stereocenters. The third-order valence-corrected chi connectivity index (χ3v) is 3.53. The van der Waals surface area contributed by atoms with E-state index in [0.29, 0.717) is 32.1 Å². The normalized spacial score (nSPS) is 20.4. The fraction of sp³-hybridized carbons (Fsp3) is 0.923. The molecule has 0 aromatic carbocycles. The third kappa shape index (κ3) is 4.92. The van der Waals surface area contributed by atoms with Crippen LogP contribution in [0, 0.1) is 0 Å². The van der Waals surface area contributed by atoms with Gasteiger partial charge in [0.25, 0.3) is 0 Å². The number of rotatable bonds is 7. The van der Waals surface area contributed by atoms with Crippen LogP contribution in [-0.4, -0.2) is 71.4 Å². The molecule has 5 heteroatoms. The molecule has 106 valence electrons. The maximum Gasteiger partial charge on any atom is 0.236 e. The van der Waals surface area contributed by atoms with Gasteiger partial charge in [-0.2, -0.15) is 0 Å². The van der Waals surface area contributed by atoms with Gasteiger partial charge in [-0.15, -0.1) is 0 Å². The second-order valence-electron chi connectivity index (χ2n) is 5.01. The lowest BCUT2D eigenvalue weighted by Gasteiger charge is -2.35. The van der Waals surface area contributed by atoms with Gasteiger partial charge in [-0.25, -0.2) is 0 Å². The Morgan fingerprint density at radius 3 is 2.67 bits per heavy atom. The van der Waals surface area contributed by atoms with Gasteiger partial charge in [0.1, 0.15) is 0 Å². The van der Waals surface area contributed by atoms with Crippen LogP contribution in [0.3, 0.4) is 0 Å². The zero-order valence-electron chi connectivity index (χ0n) is 11.3. The monoisotopic (exact) mass is 258 g/mol. The standard InChI is InChI=1S/C13H26N2O3/c1-12-5-2-3-7-15(12)13(18)11-14(8-10-17)6-4-9-16/h12,16-17H,2-11H2,1H3. The van der Waals surface area contributed by atoms with Gasteiger partial charge in [-0.05, 0) is 32.6 Å². The topological polar surface area (TPSA) is 64.0 Å². The van der Waals surface area contributed by atoms with E-state index in [2.05, 4.69) is 6.92 Å². The molecule has 5 nitrogen and oxygen atoms in total. The predicted molar refractivity (Wildman–Crippen MR) is 70.3 cm³/mol. The van der Waals surface area contributed by atoms with E-state index in [1.807, 2.05) is 9.80 Å². The van der Waals surface area contributed by atoms with Crippen molar-refractivity contribution in [2.45, 2.75) is 38.6 Å². The van der Waals surface area contributed by atoms with Crippen LogP contribution < -0.4 is 0 Å². The smallest absolute Gasteiger partial charge is 0.236 e. The number of aliphatic hydroxyl groups excluding tert-OH is 2. The van der Waals surface area contributed by atoms with Crippen molar-refractivity contribution < 1.29 is 15.0 Å². The summed E-state index contributed by atoms with van der Waals surface area (Å²) in [5.41, 5.74) is 0. The molecule has 18 heavy (non-hydrogen) atoms. The van der Waals surface area contributed by atoms with Crippen molar-refractivity contribution in [2.24, 2.45) is 0 Å². The molecule has 0 aliphatic carbocycles. The molecule has 0 aromatic rings. The van der Waals surface area contributed by atoms with Crippen molar-refractivity contribution in [1.29, 1.82) is 0 Å². The van der Waals surface area contributed by atoms with Crippen LogP contribution in [0.25, 0.3) is 0 Å². The first-order chi connectivity index (χ1) is 8.69. The number of carbonyl (C=O) groups excluding carboxylic acids is 1. The number of hydrogen-bond acceptors (Lipinski definition) is 4. The van der Waals surface area contributed by atoms with Gasteiger partial charge in [0.05, 0.1) is 13.2 Å². The van der Waals surface area contributed by atoms with E-state index in [9.17, 15) is 4.79 Å². The molecule has 1 fully saturated rings. The summed E-state index contributed by atoms with van der Waals surface area (Å²) in [7, 11) is 0. The van der Waals surface area contributed by atoms with E-state index < -0.39 is 0 Å². The van der Waals surface area contributed by atoms with Gasteiger partial charge in [-0.1, -0.05) is 0 Å². The SMILES string of the molecule is CC1CCCCN1C(=O)CN(CCO)CCCO. The Bertz CT molecular complexity index is 248. The van der Waals surface area contributed by atoms with Crippen molar-refractivity contribution in [1.82, 2.24) is 9.80 Å². The molecule has 0 spiro atoms. The van der Waals surface area contributed by atoms with Crippen LogP contribution in [-0.2, 0) is 4.79 Å². The number of likely N-dealkylation sites (tertiary alicyclic amines) is 1. The quantitative estimate of drug-likeness (QED) is 0.678. The first-order valence-corrected chi connectivity index (χ1v) is 6.92. The van der Waals surface area contributed by atoms with E-state index in [-0.39, 0.29) is 19.1 Å². The van der Waals surface area contributed by atoms with Gasteiger partial charge >= 0.3 is 0 Å². The first-order valence-electron chi connectivity index (χ1n) is 6.92. The summed E-state index contributed by atoms with van der Waals surface area (Å²) in [6.45, 7) is 4.63. The Balaban J connectivity index is 2.43. The van der Waals surface area contributed by atoms with Crippen LogP contribution in [0.2, 0.25) is 0 Å². The van der Waals surface area contributed by atoms with Crippen molar-refractivity contribution >= 4 is 5.91 Å². The number of hydrogen-bond donors (Lipinski definition) is 2. The van der Waals surface area contributed by atoms with Crippen molar-refractivity contribution in [3.05, 3.63) is 0 Å². The second-order valence-corrected chi connectivity index (χ2v) is 5.01. The zero-order valence-corrected chi connectivity index (χ0v) is 11.3. The fourth-order valence-corrected chi connectivity index (χ4v) is 2.46. The highest BCUT2D eigenvalue weighted by molar-refractivity contribution is 5.78. The van der Waals surface area contributed by atoms with E-state index in [1.54, 1.807) is 0 Å². The van der Waals surface area contributed by atoms with Crippen LogP contribution in [0.4, 0.5) is 0 Å². The number of piperidine rings is 1. The second kappa shape index (κ2) is 8.45. The largest absolute Gasteiger partial charge is 0.396 e. The summed E-state index contributed by atoms with van der Waals surface area (Å²) in [4.78, 5) is 16.1. The van der Waals surface area contributed by atoms with Gasteiger partial charge in [-0.3, -0.25) is 9.69 Å². The number of amides is 1. The first kappa shape index (κ1) is 15.4. The molecule has 0 saturated carbocycles. The lowest BCUT2D eigenvalue weighted by atomic mass is 10.0. The summed E-state index contributed by atoms with van der Waals surface area (Å²) in [5, 5.41) is 17.8. The van der Waals surface area contributed by atoms with Gasteiger partial charge in [0, 0.05) is 32.3 Å². The Kier molecular flexibility index (Phi) is 7.23. The van der Waals surface area contributed by atoms with E-state index in [4.69, 9.17) is 10.2 Å². The van der Waals surface area contributed by atoms with Gasteiger partial charge in [0.2, 0.25) is 5.91 Å². The van der Waals surface area contributed by atoms with Crippen molar-refractivity contribution in [3.63, 3.8) is 0 Å². The van der Waals surface area contributed by atoms with E-state index in [1.165, 1.54) is 6.42 Å². The molecule has 0 bridgehead atoms. The molecule has 1 aliphatic heterocycles. The molecule has 1 rings (SSSR count). The molecule has 1 heterocycles. The molecule has 0 radical (unpaired) electrons. The highest BCUT2D eigenvalue weighted by Crippen LogP contribution is 2.16. The average Bonchev–Trinajstić information content (AvgIpc) is 2.36. The summed E-state index contributed by atoms with van der Waals surface area (Å²) in [5.74, 6) is 0.147. The lowest BCUT2D eigenvalue weighted by Crippen LogP contribution is -2.47. The van der Waals surface area contributed by atoms with Crippen LogP contribution >= 0.6 is 0 Å². The Morgan fingerprint density at radius 2 is 2.06 bits per heavy atom. The zero-order chi connectivity index (χ0) is 13.4. The summed E-state index contributed by atoms with van der Waals surface area (Å²) in [6, 6.07) is 0.333. The van der Waals surface area contributed by atoms with Crippen LogP contribution in [0.15, 0.2) is 0 Å². The van der Waals surface area contributed by atoms with E-state index in [0.717, 1.165) is 19.4 Å². The molecule has 1 saturated heterocycles.